The van der Waals surface area contributed by atoms with Gasteiger partial charge in [-0.15, -0.1) is 11.3 Å². The number of carbonyl (C=O) groups is 1. The van der Waals surface area contributed by atoms with Gasteiger partial charge in [0.05, 0.1) is 0 Å². The predicted molar refractivity (Wildman–Crippen MR) is 97.9 cm³/mol. The van der Waals surface area contributed by atoms with Crippen molar-refractivity contribution in [3.8, 4) is 16.3 Å². The first kappa shape index (κ1) is 16.5. The topological polar surface area (TPSA) is 51.2 Å². The highest BCUT2D eigenvalue weighted by Gasteiger charge is 2.06. The molecule has 1 amide bonds. The van der Waals surface area contributed by atoms with Crippen LogP contribution in [0.5, 0.6) is 5.75 Å². The van der Waals surface area contributed by atoms with E-state index in [2.05, 4.69) is 10.3 Å². The molecule has 0 unspecified atom stereocenters. The van der Waals surface area contributed by atoms with E-state index in [4.69, 9.17) is 16.3 Å². The highest BCUT2D eigenvalue weighted by Crippen LogP contribution is 2.23. The van der Waals surface area contributed by atoms with Crippen molar-refractivity contribution < 1.29 is 9.53 Å². The molecule has 1 aromatic heterocycles. The number of carbonyl (C=O) groups excluding carboxylic acids is 1. The van der Waals surface area contributed by atoms with Crippen LogP contribution in [0.1, 0.15) is 5.56 Å². The number of anilines is 1. The molecule has 6 heteroatoms. The molecule has 2 aromatic carbocycles. The molecule has 0 aliphatic carbocycles. The zero-order valence-corrected chi connectivity index (χ0v) is 14.5. The van der Waals surface area contributed by atoms with Crippen LogP contribution >= 0.6 is 22.9 Å². The third-order valence-corrected chi connectivity index (χ3v) is 4.59. The van der Waals surface area contributed by atoms with Gasteiger partial charge in [-0.2, -0.15) is 0 Å². The molecule has 0 saturated heterocycles. The fourth-order valence-electron chi connectivity index (χ4n) is 2.12. The van der Waals surface area contributed by atoms with Gasteiger partial charge in [0, 0.05) is 27.9 Å². The maximum absolute atomic E-state index is 12.0. The molecule has 0 fully saturated rings. The van der Waals surface area contributed by atoms with Gasteiger partial charge in [-0.25, -0.2) is 4.98 Å². The van der Waals surface area contributed by atoms with Crippen molar-refractivity contribution in [1.82, 2.24) is 4.98 Å². The van der Waals surface area contributed by atoms with Crippen molar-refractivity contribution in [3.05, 3.63) is 64.6 Å². The van der Waals surface area contributed by atoms with Crippen LogP contribution in [-0.2, 0) is 4.79 Å². The fourth-order valence-corrected chi connectivity index (χ4v) is 2.88. The Labute approximate surface area is 149 Å². The second kappa shape index (κ2) is 7.47. The summed E-state index contributed by atoms with van der Waals surface area (Å²) in [6.07, 6.45) is 1.77. The first-order valence-electron chi connectivity index (χ1n) is 7.30. The van der Waals surface area contributed by atoms with E-state index in [-0.39, 0.29) is 12.5 Å². The second-order valence-corrected chi connectivity index (χ2v) is 6.46. The number of ether oxygens (including phenoxy) is 1. The SMILES string of the molecule is Cc1cc(OCC(=O)Nc2ccc(-c3nccs3)cc2)ccc1Cl. The summed E-state index contributed by atoms with van der Waals surface area (Å²) >= 11 is 7.54. The molecule has 122 valence electrons. The van der Waals surface area contributed by atoms with E-state index in [1.807, 2.05) is 36.6 Å². The Morgan fingerprint density at radius 2 is 2.04 bits per heavy atom. The molecule has 0 bridgehead atoms. The van der Waals surface area contributed by atoms with E-state index in [1.165, 1.54) is 0 Å². The third kappa shape index (κ3) is 4.13. The average Bonchev–Trinajstić information content (AvgIpc) is 3.11. The highest BCUT2D eigenvalue weighted by atomic mass is 35.5. The molecule has 4 nitrogen and oxygen atoms in total. The number of hydrogen-bond donors (Lipinski definition) is 1. The Balaban J connectivity index is 1.55. The van der Waals surface area contributed by atoms with Crippen LogP contribution in [0.2, 0.25) is 5.02 Å². The van der Waals surface area contributed by atoms with E-state index in [1.54, 1.807) is 35.7 Å². The largest absolute Gasteiger partial charge is 0.484 e. The number of amides is 1. The van der Waals surface area contributed by atoms with Crippen molar-refractivity contribution in [2.45, 2.75) is 6.92 Å². The first-order valence-corrected chi connectivity index (χ1v) is 8.56. The number of nitrogens with one attached hydrogen (secondary N) is 1. The van der Waals surface area contributed by atoms with Crippen LogP contribution in [0.3, 0.4) is 0 Å². The number of hydrogen-bond acceptors (Lipinski definition) is 4. The lowest BCUT2D eigenvalue weighted by atomic mass is 10.2. The minimum absolute atomic E-state index is 0.0602. The molecule has 3 aromatic rings. The molecule has 3 rings (SSSR count). The summed E-state index contributed by atoms with van der Waals surface area (Å²) in [7, 11) is 0. The number of aryl methyl sites for hydroxylation is 1. The molecule has 0 aliphatic heterocycles. The van der Waals surface area contributed by atoms with Crippen LogP contribution < -0.4 is 10.1 Å². The molecule has 1 heterocycles. The molecule has 0 atom stereocenters. The van der Waals surface area contributed by atoms with Gasteiger partial charge in [-0.05, 0) is 55.0 Å². The molecule has 1 N–H and O–H groups in total. The van der Waals surface area contributed by atoms with Crippen molar-refractivity contribution in [1.29, 1.82) is 0 Å². The summed E-state index contributed by atoms with van der Waals surface area (Å²) in [6.45, 7) is 1.83. The van der Waals surface area contributed by atoms with Crippen LogP contribution in [0.25, 0.3) is 10.6 Å². The summed E-state index contributed by atoms with van der Waals surface area (Å²) in [5, 5.41) is 6.36. The number of aromatic nitrogens is 1. The smallest absolute Gasteiger partial charge is 0.262 e. The van der Waals surface area contributed by atoms with Crippen LogP contribution in [0.15, 0.2) is 54.0 Å². The van der Waals surface area contributed by atoms with Gasteiger partial charge in [-0.3, -0.25) is 4.79 Å². The van der Waals surface area contributed by atoms with Crippen molar-refractivity contribution in [3.63, 3.8) is 0 Å². The van der Waals surface area contributed by atoms with Gasteiger partial charge >= 0.3 is 0 Å². The lowest BCUT2D eigenvalue weighted by Gasteiger charge is -2.09. The van der Waals surface area contributed by atoms with Gasteiger partial charge < -0.3 is 10.1 Å². The van der Waals surface area contributed by atoms with Gasteiger partial charge in [-0.1, -0.05) is 11.6 Å². The zero-order valence-electron chi connectivity index (χ0n) is 13.0. The Hall–Kier alpha value is -2.37. The highest BCUT2D eigenvalue weighted by molar-refractivity contribution is 7.13. The lowest BCUT2D eigenvalue weighted by molar-refractivity contribution is -0.118. The Kier molecular flexibility index (Phi) is 5.13. The zero-order chi connectivity index (χ0) is 16.9. The van der Waals surface area contributed by atoms with Gasteiger partial charge in [0.1, 0.15) is 10.8 Å². The van der Waals surface area contributed by atoms with Crippen LogP contribution in [-0.4, -0.2) is 17.5 Å². The van der Waals surface area contributed by atoms with E-state index in [9.17, 15) is 4.79 Å². The molecular weight excluding hydrogens is 344 g/mol. The third-order valence-electron chi connectivity index (χ3n) is 3.35. The number of rotatable bonds is 5. The average molecular weight is 359 g/mol. The minimum Gasteiger partial charge on any atom is -0.484 e. The van der Waals surface area contributed by atoms with Gasteiger partial charge in [0.2, 0.25) is 0 Å². The molecule has 0 saturated carbocycles. The Bertz CT molecular complexity index is 833. The number of halogens is 1. The molecule has 24 heavy (non-hydrogen) atoms. The standard InChI is InChI=1S/C18H15ClN2O2S/c1-12-10-15(6-7-16(12)19)23-11-17(22)21-14-4-2-13(3-5-14)18-20-8-9-24-18/h2-10H,11H2,1H3,(H,21,22). The molecular formula is C18H15ClN2O2S. The summed E-state index contributed by atoms with van der Waals surface area (Å²) in [6, 6.07) is 12.9. The quantitative estimate of drug-likeness (QED) is 0.713. The van der Waals surface area contributed by atoms with E-state index >= 15 is 0 Å². The summed E-state index contributed by atoms with van der Waals surface area (Å²) < 4.78 is 5.48. The van der Waals surface area contributed by atoms with E-state index in [0.29, 0.717) is 10.8 Å². The Morgan fingerprint density at radius 3 is 2.71 bits per heavy atom. The summed E-state index contributed by atoms with van der Waals surface area (Å²) in [5.74, 6) is 0.399. The minimum atomic E-state index is -0.218. The summed E-state index contributed by atoms with van der Waals surface area (Å²) in [5.41, 5.74) is 2.65. The summed E-state index contributed by atoms with van der Waals surface area (Å²) in [4.78, 5) is 16.2. The van der Waals surface area contributed by atoms with Gasteiger partial charge in [0.25, 0.3) is 5.91 Å². The second-order valence-electron chi connectivity index (χ2n) is 5.16. The van der Waals surface area contributed by atoms with E-state index in [0.717, 1.165) is 21.8 Å². The van der Waals surface area contributed by atoms with Crippen LogP contribution in [0.4, 0.5) is 5.69 Å². The first-order chi connectivity index (χ1) is 11.6. The van der Waals surface area contributed by atoms with Crippen LogP contribution in [0, 0.1) is 6.92 Å². The lowest BCUT2D eigenvalue weighted by Crippen LogP contribution is -2.20. The fraction of sp³-hybridized carbons (Fsp3) is 0.111. The van der Waals surface area contributed by atoms with Crippen molar-refractivity contribution >= 4 is 34.5 Å². The van der Waals surface area contributed by atoms with E-state index < -0.39 is 0 Å². The molecule has 0 aliphatic rings. The monoisotopic (exact) mass is 358 g/mol. The van der Waals surface area contributed by atoms with Crippen molar-refractivity contribution in [2.24, 2.45) is 0 Å². The Morgan fingerprint density at radius 1 is 1.25 bits per heavy atom. The maximum atomic E-state index is 12.0. The van der Waals surface area contributed by atoms with Crippen molar-refractivity contribution in [2.75, 3.05) is 11.9 Å². The number of benzene rings is 2. The predicted octanol–water partition coefficient (Wildman–Crippen LogP) is 4.79. The number of thiazole rings is 1. The molecule has 0 radical (unpaired) electrons. The van der Waals surface area contributed by atoms with Gasteiger partial charge in [0.15, 0.2) is 6.61 Å². The normalized spacial score (nSPS) is 10.4. The maximum Gasteiger partial charge on any atom is 0.262 e. The molecule has 0 spiro atoms. The number of nitrogens with zero attached hydrogens (tertiary/aromatic N) is 1.